The van der Waals surface area contributed by atoms with Crippen LogP contribution in [0.5, 0.6) is 0 Å². The van der Waals surface area contributed by atoms with Crippen molar-refractivity contribution in [2.24, 2.45) is 0 Å². The van der Waals surface area contributed by atoms with Crippen LogP contribution in [-0.4, -0.2) is 28.4 Å². The van der Waals surface area contributed by atoms with Gasteiger partial charge < -0.3 is 15.5 Å². The van der Waals surface area contributed by atoms with Crippen LogP contribution in [0.25, 0.3) is 0 Å². The van der Waals surface area contributed by atoms with Gasteiger partial charge in [-0.05, 0) is 26.3 Å². The summed E-state index contributed by atoms with van der Waals surface area (Å²) < 4.78 is 0. The monoisotopic (exact) mass is 223 g/mol. The lowest BCUT2D eigenvalue weighted by atomic mass is 9.99. The van der Waals surface area contributed by atoms with Gasteiger partial charge in [0.25, 0.3) is 0 Å². The lowest BCUT2D eigenvalue weighted by Gasteiger charge is -2.31. The highest BCUT2D eigenvalue weighted by molar-refractivity contribution is 5.18. The Morgan fingerprint density at radius 1 is 1.25 bits per heavy atom. The third kappa shape index (κ3) is 3.59. The largest absolute Gasteiger partial charge is 0.394 e. The second kappa shape index (κ2) is 5.43. The molecule has 3 heteroatoms. The SMILES string of the molecule is CC(NC(C)(C)CO)C(O)c1ccccc1. The minimum atomic E-state index is -0.563. The fourth-order valence-electron chi connectivity index (χ4n) is 1.68. The van der Waals surface area contributed by atoms with E-state index in [2.05, 4.69) is 5.32 Å². The van der Waals surface area contributed by atoms with Crippen LogP contribution in [0.15, 0.2) is 30.3 Å². The Balaban J connectivity index is 2.65. The van der Waals surface area contributed by atoms with Crippen molar-refractivity contribution >= 4 is 0 Å². The van der Waals surface area contributed by atoms with Crippen LogP contribution in [0.3, 0.4) is 0 Å². The second-order valence-corrected chi connectivity index (χ2v) is 4.83. The summed E-state index contributed by atoms with van der Waals surface area (Å²) in [5, 5.41) is 22.5. The van der Waals surface area contributed by atoms with Crippen LogP contribution in [0.4, 0.5) is 0 Å². The van der Waals surface area contributed by atoms with Gasteiger partial charge in [0.2, 0.25) is 0 Å². The third-order valence-electron chi connectivity index (χ3n) is 2.63. The van der Waals surface area contributed by atoms with E-state index in [-0.39, 0.29) is 18.2 Å². The van der Waals surface area contributed by atoms with E-state index < -0.39 is 6.10 Å². The molecule has 1 aromatic carbocycles. The lowest BCUT2D eigenvalue weighted by Crippen LogP contribution is -2.49. The first-order valence-corrected chi connectivity index (χ1v) is 5.58. The number of benzene rings is 1. The van der Waals surface area contributed by atoms with Crippen LogP contribution in [0.1, 0.15) is 32.4 Å². The molecular formula is C13H21NO2. The summed E-state index contributed by atoms with van der Waals surface area (Å²) in [6, 6.07) is 9.42. The van der Waals surface area contributed by atoms with Gasteiger partial charge in [0.15, 0.2) is 0 Å². The van der Waals surface area contributed by atoms with E-state index in [1.54, 1.807) is 0 Å². The van der Waals surface area contributed by atoms with E-state index in [9.17, 15) is 5.11 Å². The van der Waals surface area contributed by atoms with Crippen molar-refractivity contribution in [2.75, 3.05) is 6.61 Å². The molecule has 2 atom stereocenters. The number of aliphatic hydroxyl groups excluding tert-OH is 2. The van der Waals surface area contributed by atoms with Crippen molar-refractivity contribution in [1.29, 1.82) is 0 Å². The molecule has 0 aliphatic rings. The fraction of sp³-hybridized carbons (Fsp3) is 0.538. The zero-order valence-corrected chi connectivity index (χ0v) is 10.1. The molecule has 0 radical (unpaired) electrons. The fourth-order valence-corrected chi connectivity index (χ4v) is 1.68. The van der Waals surface area contributed by atoms with Gasteiger partial charge in [0.05, 0.1) is 12.7 Å². The first kappa shape index (κ1) is 13.2. The van der Waals surface area contributed by atoms with Crippen LogP contribution in [0.2, 0.25) is 0 Å². The summed E-state index contributed by atoms with van der Waals surface area (Å²) in [7, 11) is 0. The summed E-state index contributed by atoms with van der Waals surface area (Å²) in [5.41, 5.74) is 0.506. The first-order valence-electron chi connectivity index (χ1n) is 5.58. The van der Waals surface area contributed by atoms with E-state index in [0.29, 0.717) is 0 Å². The van der Waals surface area contributed by atoms with Gasteiger partial charge in [-0.1, -0.05) is 30.3 Å². The molecule has 0 aliphatic heterocycles. The quantitative estimate of drug-likeness (QED) is 0.708. The van der Waals surface area contributed by atoms with E-state index in [1.807, 2.05) is 51.1 Å². The topological polar surface area (TPSA) is 52.5 Å². The predicted octanol–water partition coefficient (Wildman–Crippen LogP) is 1.47. The zero-order chi connectivity index (χ0) is 12.2. The maximum atomic E-state index is 10.1. The molecule has 0 saturated heterocycles. The highest BCUT2D eigenvalue weighted by atomic mass is 16.3. The molecule has 0 aliphatic carbocycles. The molecule has 90 valence electrons. The summed E-state index contributed by atoms with van der Waals surface area (Å²) in [6.07, 6.45) is -0.563. The van der Waals surface area contributed by atoms with E-state index in [4.69, 9.17) is 5.11 Å². The molecule has 1 rings (SSSR count). The number of nitrogens with one attached hydrogen (secondary N) is 1. The summed E-state index contributed by atoms with van der Waals surface area (Å²) in [4.78, 5) is 0. The molecule has 16 heavy (non-hydrogen) atoms. The molecule has 0 fully saturated rings. The van der Waals surface area contributed by atoms with E-state index in [0.717, 1.165) is 5.56 Å². The van der Waals surface area contributed by atoms with Crippen molar-refractivity contribution < 1.29 is 10.2 Å². The normalized spacial score (nSPS) is 15.8. The second-order valence-electron chi connectivity index (χ2n) is 4.83. The Labute approximate surface area is 97.1 Å². The van der Waals surface area contributed by atoms with Crippen LogP contribution < -0.4 is 5.32 Å². The number of hydrogen-bond acceptors (Lipinski definition) is 3. The summed E-state index contributed by atoms with van der Waals surface area (Å²) in [5.74, 6) is 0. The number of aliphatic hydroxyl groups is 2. The van der Waals surface area contributed by atoms with Crippen molar-refractivity contribution in [3.63, 3.8) is 0 Å². The molecular weight excluding hydrogens is 202 g/mol. The standard InChI is InChI=1S/C13H21NO2/c1-10(14-13(2,3)9-15)12(16)11-7-5-4-6-8-11/h4-8,10,12,14-16H,9H2,1-3H3. The Bertz CT molecular complexity index is 311. The highest BCUT2D eigenvalue weighted by Gasteiger charge is 2.23. The van der Waals surface area contributed by atoms with Gasteiger partial charge in [-0.25, -0.2) is 0 Å². The molecule has 0 amide bonds. The lowest BCUT2D eigenvalue weighted by molar-refractivity contribution is 0.0991. The Kier molecular flexibility index (Phi) is 4.47. The Morgan fingerprint density at radius 3 is 2.31 bits per heavy atom. The average Bonchev–Trinajstić information content (AvgIpc) is 2.28. The van der Waals surface area contributed by atoms with E-state index in [1.165, 1.54) is 0 Å². The maximum absolute atomic E-state index is 10.1. The number of rotatable bonds is 5. The Hall–Kier alpha value is -0.900. The van der Waals surface area contributed by atoms with Crippen LogP contribution in [-0.2, 0) is 0 Å². The van der Waals surface area contributed by atoms with E-state index >= 15 is 0 Å². The van der Waals surface area contributed by atoms with Gasteiger partial charge in [0.1, 0.15) is 0 Å². The van der Waals surface area contributed by atoms with Crippen molar-refractivity contribution in [2.45, 2.75) is 38.5 Å². The highest BCUT2D eigenvalue weighted by Crippen LogP contribution is 2.18. The van der Waals surface area contributed by atoms with Gasteiger partial charge in [-0.2, -0.15) is 0 Å². The molecule has 0 spiro atoms. The van der Waals surface area contributed by atoms with Gasteiger partial charge in [-0.3, -0.25) is 0 Å². The predicted molar refractivity (Wildman–Crippen MR) is 65.2 cm³/mol. The summed E-state index contributed by atoms with van der Waals surface area (Å²) >= 11 is 0. The molecule has 0 heterocycles. The minimum absolute atomic E-state index is 0.0405. The molecule has 2 unspecified atom stereocenters. The third-order valence-corrected chi connectivity index (χ3v) is 2.63. The smallest absolute Gasteiger partial charge is 0.0940 e. The molecule has 0 aromatic heterocycles. The Morgan fingerprint density at radius 2 is 1.81 bits per heavy atom. The molecule has 1 aromatic rings. The van der Waals surface area contributed by atoms with Crippen molar-refractivity contribution in [3.05, 3.63) is 35.9 Å². The van der Waals surface area contributed by atoms with Gasteiger partial charge in [-0.15, -0.1) is 0 Å². The molecule has 3 nitrogen and oxygen atoms in total. The zero-order valence-electron chi connectivity index (χ0n) is 10.1. The summed E-state index contributed by atoms with van der Waals surface area (Å²) in [6.45, 7) is 5.76. The van der Waals surface area contributed by atoms with Crippen molar-refractivity contribution in [1.82, 2.24) is 5.32 Å². The minimum Gasteiger partial charge on any atom is -0.394 e. The van der Waals surface area contributed by atoms with Crippen molar-refractivity contribution in [3.8, 4) is 0 Å². The molecule has 0 bridgehead atoms. The average molecular weight is 223 g/mol. The molecule has 0 saturated carbocycles. The van der Waals surface area contributed by atoms with Crippen LogP contribution in [0, 0.1) is 0 Å². The number of hydrogen-bond donors (Lipinski definition) is 3. The first-order chi connectivity index (χ1) is 7.46. The maximum Gasteiger partial charge on any atom is 0.0940 e. The van der Waals surface area contributed by atoms with Gasteiger partial charge >= 0.3 is 0 Å². The van der Waals surface area contributed by atoms with Crippen LogP contribution >= 0.6 is 0 Å². The van der Waals surface area contributed by atoms with Gasteiger partial charge in [0, 0.05) is 11.6 Å². The molecule has 3 N–H and O–H groups in total.